The van der Waals surface area contributed by atoms with Crippen molar-refractivity contribution in [2.45, 2.75) is 26.8 Å². The molecule has 0 spiro atoms. The van der Waals surface area contributed by atoms with Crippen LogP contribution in [0.15, 0.2) is 15.9 Å². The molecule has 1 aromatic heterocycles. The predicted octanol–water partition coefficient (Wildman–Crippen LogP) is 3.10. The predicted molar refractivity (Wildman–Crippen MR) is 69.8 cm³/mol. The minimum absolute atomic E-state index is 0.634. The SMILES string of the molecule is CC(C)(CCNCc1cc(Br)cs1)C(=O)O. The maximum Gasteiger partial charge on any atom is 0.309 e. The highest BCUT2D eigenvalue weighted by molar-refractivity contribution is 9.10. The van der Waals surface area contributed by atoms with Crippen molar-refractivity contribution < 1.29 is 9.90 Å². The lowest BCUT2D eigenvalue weighted by atomic mass is 9.90. The van der Waals surface area contributed by atoms with E-state index in [-0.39, 0.29) is 0 Å². The van der Waals surface area contributed by atoms with Gasteiger partial charge in [-0.15, -0.1) is 11.3 Å². The Labute approximate surface area is 108 Å². The van der Waals surface area contributed by atoms with E-state index in [4.69, 9.17) is 5.11 Å². The lowest BCUT2D eigenvalue weighted by Crippen LogP contribution is -2.28. The van der Waals surface area contributed by atoms with Gasteiger partial charge in [-0.1, -0.05) is 0 Å². The summed E-state index contributed by atoms with van der Waals surface area (Å²) in [6.07, 6.45) is 0.634. The standard InChI is InChI=1S/C11H16BrNO2S/c1-11(2,10(14)15)3-4-13-6-9-5-8(12)7-16-9/h5,7,13H,3-4,6H2,1-2H3,(H,14,15). The fraction of sp³-hybridized carbons (Fsp3) is 0.545. The molecule has 0 aliphatic carbocycles. The van der Waals surface area contributed by atoms with Crippen LogP contribution in [0.25, 0.3) is 0 Å². The molecule has 5 heteroatoms. The van der Waals surface area contributed by atoms with Crippen molar-refractivity contribution >= 4 is 33.2 Å². The molecule has 2 N–H and O–H groups in total. The summed E-state index contributed by atoms with van der Waals surface area (Å²) in [5.41, 5.74) is -0.650. The first-order chi connectivity index (χ1) is 7.42. The van der Waals surface area contributed by atoms with Gasteiger partial charge < -0.3 is 10.4 Å². The Hall–Kier alpha value is -0.390. The number of thiophene rings is 1. The molecule has 0 bridgehead atoms. The van der Waals surface area contributed by atoms with Gasteiger partial charge in [-0.05, 0) is 48.8 Å². The normalized spacial score (nSPS) is 11.7. The first-order valence-corrected chi connectivity index (χ1v) is 6.76. The number of rotatable bonds is 6. The minimum atomic E-state index is -0.742. The molecule has 0 radical (unpaired) electrons. The van der Waals surface area contributed by atoms with Gasteiger partial charge in [0.15, 0.2) is 0 Å². The number of nitrogens with one attached hydrogen (secondary N) is 1. The summed E-state index contributed by atoms with van der Waals surface area (Å²) >= 11 is 5.08. The molecule has 16 heavy (non-hydrogen) atoms. The maximum atomic E-state index is 10.9. The van der Waals surface area contributed by atoms with Gasteiger partial charge in [0.05, 0.1) is 5.41 Å². The molecule has 1 heterocycles. The van der Waals surface area contributed by atoms with E-state index in [0.29, 0.717) is 6.42 Å². The Morgan fingerprint density at radius 3 is 2.81 bits per heavy atom. The third kappa shape index (κ3) is 4.23. The van der Waals surface area contributed by atoms with Gasteiger partial charge >= 0.3 is 5.97 Å². The Bertz CT molecular complexity index is 363. The highest BCUT2D eigenvalue weighted by atomic mass is 79.9. The fourth-order valence-corrected chi connectivity index (χ4v) is 2.59. The summed E-state index contributed by atoms with van der Waals surface area (Å²) in [4.78, 5) is 12.1. The fourth-order valence-electron chi connectivity index (χ4n) is 1.17. The summed E-state index contributed by atoms with van der Waals surface area (Å²) in [5.74, 6) is -0.742. The molecule has 0 unspecified atom stereocenters. The van der Waals surface area contributed by atoms with Crippen LogP contribution < -0.4 is 5.32 Å². The number of carbonyl (C=O) groups is 1. The topological polar surface area (TPSA) is 49.3 Å². The van der Waals surface area contributed by atoms with Gasteiger partial charge in [0, 0.05) is 21.3 Å². The average Bonchev–Trinajstić information content (AvgIpc) is 2.59. The van der Waals surface area contributed by atoms with E-state index in [2.05, 4.69) is 27.3 Å². The minimum Gasteiger partial charge on any atom is -0.481 e. The first-order valence-electron chi connectivity index (χ1n) is 5.09. The molecule has 0 saturated heterocycles. The molecule has 0 amide bonds. The van der Waals surface area contributed by atoms with E-state index in [1.165, 1.54) is 4.88 Å². The average molecular weight is 306 g/mol. The van der Waals surface area contributed by atoms with Gasteiger partial charge in [-0.25, -0.2) is 0 Å². The van der Waals surface area contributed by atoms with Gasteiger partial charge in [0.1, 0.15) is 0 Å². The van der Waals surface area contributed by atoms with Crippen molar-refractivity contribution in [3.63, 3.8) is 0 Å². The van der Waals surface area contributed by atoms with Crippen LogP contribution in [0.3, 0.4) is 0 Å². The van der Waals surface area contributed by atoms with Crippen LogP contribution in [-0.2, 0) is 11.3 Å². The van der Waals surface area contributed by atoms with E-state index in [0.717, 1.165) is 17.6 Å². The summed E-state index contributed by atoms with van der Waals surface area (Å²) in [5, 5.41) is 14.2. The number of carboxylic acid groups (broad SMARTS) is 1. The number of halogens is 1. The van der Waals surface area contributed by atoms with Crippen molar-refractivity contribution in [2.75, 3.05) is 6.54 Å². The van der Waals surface area contributed by atoms with Crippen LogP contribution in [-0.4, -0.2) is 17.6 Å². The Morgan fingerprint density at radius 1 is 1.62 bits per heavy atom. The summed E-state index contributed by atoms with van der Waals surface area (Å²) < 4.78 is 1.10. The molecule has 0 aliphatic rings. The highest BCUT2D eigenvalue weighted by Crippen LogP contribution is 2.21. The van der Waals surface area contributed by atoms with Crippen LogP contribution in [0.1, 0.15) is 25.1 Å². The zero-order valence-electron chi connectivity index (χ0n) is 9.42. The number of hydrogen-bond donors (Lipinski definition) is 2. The molecular formula is C11H16BrNO2S. The largest absolute Gasteiger partial charge is 0.481 e. The molecular weight excluding hydrogens is 290 g/mol. The van der Waals surface area contributed by atoms with Gasteiger partial charge in [-0.2, -0.15) is 0 Å². The summed E-state index contributed by atoms with van der Waals surface area (Å²) in [7, 11) is 0. The molecule has 90 valence electrons. The Kier molecular flexibility index (Phi) is 4.95. The van der Waals surface area contributed by atoms with E-state index in [9.17, 15) is 4.79 Å². The van der Waals surface area contributed by atoms with Crippen molar-refractivity contribution in [3.05, 3.63) is 20.8 Å². The van der Waals surface area contributed by atoms with Crippen molar-refractivity contribution in [2.24, 2.45) is 5.41 Å². The van der Waals surface area contributed by atoms with Crippen molar-refractivity contribution in [1.82, 2.24) is 5.32 Å². The third-order valence-corrected chi connectivity index (χ3v) is 4.12. The van der Waals surface area contributed by atoms with E-state index < -0.39 is 11.4 Å². The van der Waals surface area contributed by atoms with Gasteiger partial charge in [0.2, 0.25) is 0 Å². The van der Waals surface area contributed by atoms with Crippen molar-refractivity contribution in [1.29, 1.82) is 0 Å². The molecule has 0 saturated carbocycles. The molecule has 3 nitrogen and oxygen atoms in total. The van der Waals surface area contributed by atoms with Crippen LogP contribution in [0.4, 0.5) is 0 Å². The van der Waals surface area contributed by atoms with E-state index in [1.54, 1.807) is 25.2 Å². The summed E-state index contributed by atoms with van der Waals surface area (Å²) in [6.45, 7) is 5.01. The molecule has 0 fully saturated rings. The van der Waals surface area contributed by atoms with Crippen LogP contribution in [0.2, 0.25) is 0 Å². The monoisotopic (exact) mass is 305 g/mol. The molecule has 0 aromatic carbocycles. The number of carboxylic acids is 1. The lowest BCUT2D eigenvalue weighted by molar-refractivity contribution is -0.147. The van der Waals surface area contributed by atoms with Gasteiger partial charge in [-0.3, -0.25) is 4.79 Å². The van der Waals surface area contributed by atoms with E-state index >= 15 is 0 Å². The Balaban J connectivity index is 2.24. The molecule has 0 atom stereocenters. The molecule has 1 rings (SSSR count). The number of hydrogen-bond acceptors (Lipinski definition) is 3. The summed E-state index contributed by atoms with van der Waals surface area (Å²) in [6, 6.07) is 2.07. The lowest BCUT2D eigenvalue weighted by Gasteiger charge is -2.18. The van der Waals surface area contributed by atoms with E-state index in [1.807, 2.05) is 5.38 Å². The maximum absolute atomic E-state index is 10.9. The van der Waals surface area contributed by atoms with Crippen LogP contribution >= 0.6 is 27.3 Å². The van der Waals surface area contributed by atoms with Crippen LogP contribution in [0, 0.1) is 5.41 Å². The zero-order chi connectivity index (χ0) is 12.2. The molecule has 0 aliphatic heterocycles. The smallest absolute Gasteiger partial charge is 0.309 e. The second-order valence-corrected chi connectivity index (χ2v) is 6.26. The first kappa shape index (κ1) is 13.7. The number of aliphatic carboxylic acids is 1. The molecule has 1 aromatic rings. The Morgan fingerprint density at radius 2 is 2.31 bits per heavy atom. The second-order valence-electron chi connectivity index (χ2n) is 4.35. The quantitative estimate of drug-likeness (QED) is 0.794. The van der Waals surface area contributed by atoms with Crippen molar-refractivity contribution in [3.8, 4) is 0 Å². The van der Waals surface area contributed by atoms with Crippen LogP contribution in [0.5, 0.6) is 0 Å². The van der Waals surface area contributed by atoms with Gasteiger partial charge in [0.25, 0.3) is 0 Å². The third-order valence-electron chi connectivity index (χ3n) is 2.43. The second kappa shape index (κ2) is 5.80. The highest BCUT2D eigenvalue weighted by Gasteiger charge is 2.25. The zero-order valence-corrected chi connectivity index (χ0v) is 11.8.